The van der Waals surface area contributed by atoms with E-state index in [4.69, 9.17) is 4.98 Å². The van der Waals surface area contributed by atoms with Crippen molar-refractivity contribution in [3.05, 3.63) is 95.6 Å². The van der Waals surface area contributed by atoms with E-state index in [1.165, 1.54) is 16.7 Å². The van der Waals surface area contributed by atoms with E-state index in [-0.39, 0.29) is 11.9 Å². The van der Waals surface area contributed by atoms with Gasteiger partial charge in [-0.2, -0.15) is 0 Å². The Morgan fingerprint density at radius 2 is 1.63 bits per heavy atom. The highest BCUT2D eigenvalue weighted by Gasteiger charge is 2.21. The zero-order chi connectivity index (χ0) is 28.0. The molecule has 1 aliphatic rings. The maximum absolute atomic E-state index is 12.6. The second-order valence-corrected chi connectivity index (χ2v) is 12.0. The molecular weight excluding hydrogens is 528 g/mol. The predicted octanol–water partition coefficient (Wildman–Crippen LogP) is 5.99. The SMILES string of the molecule is Cc1ccc2c(c1)c1nnc(SCCCC(=O)NC3CCN(Cc4ccccc4)CC3)nc1n2Cc1ccccc1. The van der Waals surface area contributed by atoms with Crippen LogP contribution in [-0.4, -0.2) is 55.4 Å². The molecular formula is C33H36N6OS. The van der Waals surface area contributed by atoms with Crippen molar-refractivity contribution in [1.29, 1.82) is 0 Å². The van der Waals surface area contributed by atoms with Gasteiger partial charge in [0, 0.05) is 49.8 Å². The van der Waals surface area contributed by atoms with Crippen LogP contribution in [0.5, 0.6) is 0 Å². The number of fused-ring (bicyclic) bond motifs is 3. The lowest BCUT2D eigenvalue weighted by Crippen LogP contribution is -2.44. The molecule has 41 heavy (non-hydrogen) atoms. The second-order valence-electron chi connectivity index (χ2n) is 10.9. The van der Waals surface area contributed by atoms with Crippen molar-refractivity contribution in [2.45, 2.75) is 56.9 Å². The van der Waals surface area contributed by atoms with E-state index < -0.39 is 0 Å². The van der Waals surface area contributed by atoms with Gasteiger partial charge in [-0.05, 0) is 49.4 Å². The molecule has 3 heterocycles. The standard InChI is InChI=1S/C33H36N6OS/c1-24-14-15-29-28(21-24)31-32(39(29)23-26-11-6-3-7-12-26)35-33(37-36-31)41-20-8-13-30(40)34-27-16-18-38(19-17-27)22-25-9-4-2-5-10-25/h2-7,9-12,14-15,21,27H,8,13,16-20,22-23H2,1H3,(H,34,40). The molecule has 0 aliphatic carbocycles. The monoisotopic (exact) mass is 564 g/mol. The first-order chi connectivity index (χ1) is 20.1. The Morgan fingerprint density at radius 1 is 0.927 bits per heavy atom. The van der Waals surface area contributed by atoms with Crippen molar-refractivity contribution in [3.8, 4) is 0 Å². The molecule has 3 aromatic carbocycles. The number of amides is 1. The number of thioether (sulfide) groups is 1. The lowest BCUT2D eigenvalue weighted by Gasteiger charge is -2.32. The van der Waals surface area contributed by atoms with Gasteiger partial charge >= 0.3 is 0 Å². The van der Waals surface area contributed by atoms with Crippen LogP contribution < -0.4 is 5.32 Å². The normalized spacial score (nSPS) is 14.6. The van der Waals surface area contributed by atoms with Crippen LogP contribution in [0.1, 0.15) is 42.4 Å². The molecule has 210 valence electrons. The average Bonchev–Trinajstić information content (AvgIpc) is 3.29. The van der Waals surface area contributed by atoms with Crippen LogP contribution in [0.4, 0.5) is 0 Å². The van der Waals surface area contributed by atoms with Gasteiger partial charge in [-0.25, -0.2) is 4.98 Å². The summed E-state index contributed by atoms with van der Waals surface area (Å²) in [5, 5.41) is 14.0. The molecule has 1 amide bonds. The number of nitrogens with zero attached hydrogens (tertiary/aromatic N) is 5. The highest BCUT2D eigenvalue weighted by molar-refractivity contribution is 7.99. The topological polar surface area (TPSA) is 75.9 Å². The van der Waals surface area contributed by atoms with Gasteiger partial charge in [0.25, 0.3) is 0 Å². The van der Waals surface area contributed by atoms with Crippen LogP contribution in [0.2, 0.25) is 0 Å². The highest BCUT2D eigenvalue weighted by atomic mass is 32.2. The lowest BCUT2D eigenvalue weighted by atomic mass is 10.0. The van der Waals surface area contributed by atoms with Crippen molar-refractivity contribution in [2.75, 3.05) is 18.8 Å². The van der Waals surface area contributed by atoms with Crippen LogP contribution in [0.3, 0.4) is 0 Å². The van der Waals surface area contributed by atoms with Crippen LogP contribution in [0.25, 0.3) is 22.1 Å². The largest absolute Gasteiger partial charge is 0.353 e. The lowest BCUT2D eigenvalue weighted by molar-refractivity contribution is -0.122. The number of benzene rings is 3. The Morgan fingerprint density at radius 3 is 2.37 bits per heavy atom. The summed E-state index contributed by atoms with van der Waals surface area (Å²) in [7, 11) is 0. The van der Waals surface area contributed by atoms with Gasteiger partial charge in [0.05, 0.1) is 5.52 Å². The molecule has 0 bridgehead atoms. The number of carbonyl (C=O) groups excluding carboxylic acids is 1. The number of rotatable bonds is 10. The quantitative estimate of drug-likeness (QED) is 0.166. The van der Waals surface area contributed by atoms with Gasteiger partial charge in [-0.15, -0.1) is 10.2 Å². The molecule has 1 N–H and O–H groups in total. The fourth-order valence-electron chi connectivity index (χ4n) is 5.62. The number of piperidine rings is 1. The van der Waals surface area contributed by atoms with E-state index in [1.54, 1.807) is 11.8 Å². The van der Waals surface area contributed by atoms with Crippen LogP contribution >= 0.6 is 11.8 Å². The zero-order valence-electron chi connectivity index (χ0n) is 23.5. The van der Waals surface area contributed by atoms with Gasteiger partial charge in [0.2, 0.25) is 11.1 Å². The van der Waals surface area contributed by atoms with E-state index in [0.29, 0.717) is 11.6 Å². The summed E-state index contributed by atoms with van der Waals surface area (Å²) in [6.45, 7) is 5.83. The minimum atomic E-state index is 0.139. The van der Waals surface area contributed by atoms with Crippen LogP contribution in [0.15, 0.2) is 84.0 Å². The van der Waals surface area contributed by atoms with Gasteiger partial charge in [-0.3, -0.25) is 9.69 Å². The Kier molecular flexibility index (Phi) is 8.58. The summed E-state index contributed by atoms with van der Waals surface area (Å²) in [6, 6.07) is 27.7. The summed E-state index contributed by atoms with van der Waals surface area (Å²) >= 11 is 1.57. The molecule has 1 aliphatic heterocycles. The maximum atomic E-state index is 12.6. The first-order valence-electron chi connectivity index (χ1n) is 14.5. The number of nitrogens with one attached hydrogen (secondary N) is 1. The highest BCUT2D eigenvalue weighted by Crippen LogP contribution is 2.29. The Balaban J connectivity index is 1.02. The van der Waals surface area contributed by atoms with Crippen molar-refractivity contribution in [1.82, 2.24) is 30.0 Å². The summed E-state index contributed by atoms with van der Waals surface area (Å²) in [6.07, 6.45) is 3.30. The van der Waals surface area contributed by atoms with Crippen molar-refractivity contribution < 1.29 is 4.79 Å². The number of hydrogen-bond acceptors (Lipinski definition) is 6. The molecule has 0 saturated carbocycles. The van der Waals surface area contributed by atoms with Gasteiger partial charge < -0.3 is 9.88 Å². The van der Waals surface area contributed by atoms with E-state index in [9.17, 15) is 4.79 Å². The van der Waals surface area contributed by atoms with E-state index in [2.05, 4.69) is 105 Å². The molecule has 2 aromatic heterocycles. The van der Waals surface area contributed by atoms with Crippen LogP contribution in [-0.2, 0) is 17.9 Å². The molecule has 0 unspecified atom stereocenters. The number of likely N-dealkylation sites (tertiary alicyclic amines) is 1. The van der Waals surface area contributed by atoms with E-state index in [1.807, 2.05) is 6.07 Å². The zero-order valence-corrected chi connectivity index (χ0v) is 24.3. The molecule has 0 spiro atoms. The van der Waals surface area contributed by atoms with Crippen LogP contribution in [0, 0.1) is 6.92 Å². The minimum Gasteiger partial charge on any atom is -0.353 e. The van der Waals surface area contributed by atoms with Crippen molar-refractivity contribution in [2.24, 2.45) is 0 Å². The van der Waals surface area contributed by atoms with Crippen molar-refractivity contribution in [3.63, 3.8) is 0 Å². The molecule has 5 aromatic rings. The Bertz CT molecular complexity index is 1610. The molecule has 6 rings (SSSR count). The van der Waals surface area contributed by atoms with E-state index in [0.717, 1.165) is 73.3 Å². The summed E-state index contributed by atoms with van der Waals surface area (Å²) in [4.78, 5) is 20.0. The minimum absolute atomic E-state index is 0.139. The van der Waals surface area contributed by atoms with Crippen molar-refractivity contribution >= 4 is 39.7 Å². The summed E-state index contributed by atoms with van der Waals surface area (Å²) in [5.41, 5.74) is 6.54. The number of hydrogen-bond donors (Lipinski definition) is 1. The molecule has 1 fully saturated rings. The first-order valence-corrected chi connectivity index (χ1v) is 15.5. The van der Waals surface area contributed by atoms with Gasteiger partial charge in [0.15, 0.2) is 5.65 Å². The number of aromatic nitrogens is 4. The average molecular weight is 565 g/mol. The number of aryl methyl sites for hydroxylation is 1. The fraction of sp³-hybridized carbons (Fsp3) is 0.333. The third-order valence-corrected chi connectivity index (χ3v) is 8.69. The molecule has 7 nitrogen and oxygen atoms in total. The molecule has 8 heteroatoms. The Labute approximate surface area is 245 Å². The van der Waals surface area contributed by atoms with Gasteiger partial charge in [-0.1, -0.05) is 84.1 Å². The fourth-order valence-corrected chi connectivity index (χ4v) is 6.34. The second kappa shape index (κ2) is 12.8. The summed E-state index contributed by atoms with van der Waals surface area (Å²) in [5.74, 6) is 0.911. The predicted molar refractivity (Wildman–Crippen MR) is 166 cm³/mol. The first kappa shape index (κ1) is 27.4. The summed E-state index contributed by atoms with van der Waals surface area (Å²) < 4.78 is 2.23. The van der Waals surface area contributed by atoms with E-state index >= 15 is 0 Å². The third-order valence-electron chi connectivity index (χ3n) is 7.77. The van der Waals surface area contributed by atoms with Gasteiger partial charge in [0.1, 0.15) is 5.52 Å². The molecule has 0 atom stereocenters. The maximum Gasteiger partial charge on any atom is 0.220 e. The Hall–Kier alpha value is -3.75. The third kappa shape index (κ3) is 6.77. The molecule has 1 saturated heterocycles. The number of carbonyl (C=O) groups is 1. The molecule has 0 radical (unpaired) electrons. The smallest absolute Gasteiger partial charge is 0.220 e.